The lowest BCUT2D eigenvalue weighted by Crippen LogP contribution is -2.35. The molecule has 0 spiro atoms. The standard InChI is InChI=1S/C13H19N3O2/c1-10-4-2-5-11(8-10)9-16-13(18)15-7-3-6-12(14)17/h2,4-5,8H,3,6-7,9H2,1H3,(H2,14,17)(H2,15,16,18). The van der Waals surface area contributed by atoms with Crippen molar-refractivity contribution < 1.29 is 9.59 Å². The molecule has 0 saturated carbocycles. The lowest BCUT2D eigenvalue weighted by Gasteiger charge is -2.07. The SMILES string of the molecule is Cc1cccc(CNC(=O)NCCCC(N)=O)c1. The van der Waals surface area contributed by atoms with Crippen molar-refractivity contribution in [2.45, 2.75) is 26.3 Å². The minimum atomic E-state index is -0.350. The zero-order chi connectivity index (χ0) is 13.4. The average Bonchev–Trinajstić information content (AvgIpc) is 2.32. The van der Waals surface area contributed by atoms with Crippen LogP contribution in [0, 0.1) is 6.92 Å². The van der Waals surface area contributed by atoms with Gasteiger partial charge in [0.15, 0.2) is 0 Å². The Morgan fingerprint density at radius 3 is 2.72 bits per heavy atom. The molecule has 0 aliphatic carbocycles. The second-order valence-electron chi connectivity index (χ2n) is 4.17. The van der Waals surface area contributed by atoms with Crippen LogP contribution >= 0.6 is 0 Å². The Kier molecular flexibility index (Phi) is 5.70. The van der Waals surface area contributed by atoms with Gasteiger partial charge in [0.1, 0.15) is 0 Å². The van der Waals surface area contributed by atoms with E-state index in [2.05, 4.69) is 10.6 Å². The summed E-state index contributed by atoms with van der Waals surface area (Å²) in [5, 5.41) is 5.41. The van der Waals surface area contributed by atoms with Crippen LogP contribution in [0.1, 0.15) is 24.0 Å². The Bertz CT molecular complexity index is 418. The summed E-state index contributed by atoms with van der Waals surface area (Å²) in [4.78, 5) is 21.9. The number of nitrogens with one attached hydrogen (secondary N) is 2. The summed E-state index contributed by atoms with van der Waals surface area (Å²) < 4.78 is 0. The van der Waals surface area contributed by atoms with E-state index >= 15 is 0 Å². The number of urea groups is 1. The van der Waals surface area contributed by atoms with Gasteiger partial charge in [-0.15, -0.1) is 0 Å². The molecule has 0 aliphatic heterocycles. The molecule has 5 heteroatoms. The minimum absolute atomic E-state index is 0.235. The van der Waals surface area contributed by atoms with Crippen molar-refractivity contribution >= 4 is 11.9 Å². The van der Waals surface area contributed by atoms with Gasteiger partial charge >= 0.3 is 6.03 Å². The molecule has 0 fully saturated rings. The zero-order valence-electron chi connectivity index (χ0n) is 10.5. The Morgan fingerprint density at radius 1 is 1.28 bits per heavy atom. The van der Waals surface area contributed by atoms with Gasteiger partial charge in [-0.05, 0) is 18.9 Å². The van der Waals surface area contributed by atoms with Crippen LogP contribution in [0.3, 0.4) is 0 Å². The van der Waals surface area contributed by atoms with Gasteiger partial charge in [-0.1, -0.05) is 29.8 Å². The molecule has 5 nitrogen and oxygen atoms in total. The monoisotopic (exact) mass is 249 g/mol. The summed E-state index contributed by atoms with van der Waals surface area (Å²) in [7, 11) is 0. The highest BCUT2D eigenvalue weighted by atomic mass is 16.2. The van der Waals surface area contributed by atoms with Gasteiger partial charge in [-0.2, -0.15) is 0 Å². The molecule has 1 rings (SSSR count). The molecule has 1 aromatic rings. The Hall–Kier alpha value is -2.04. The maximum absolute atomic E-state index is 11.4. The predicted molar refractivity (Wildman–Crippen MR) is 69.8 cm³/mol. The molecule has 0 aliphatic rings. The normalized spacial score (nSPS) is 9.83. The van der Waals surface area contributed by atoms with Crippen molar-refractivity contribution in [3.05, 3.63) is 35.4 Å². The molecule has 0 unspecified atom stereocenters. The molecule has 0 atom stereocenters. The van der Waals surface area contributed by atoms with E-state index in [4.69, 9.17) is 5.73 Å². The minimum Gasteiger partial charge on any atom is -0.370 e. The van der Waals surface area contributed by atoms with Gasteiger partial charge < -0.3 is 16.4 Å². The first-order chi connectivity index (χ1) is 8.58. The van der Waals surface area contributed by atoms with Crippen molar-refractivity contribution in [2.24, 2.45) is 5.73 Å². The van der Waals surface area contributed by atoms with Crippen molar-refractivity contribution in [1.29, 1.82) is 0 Å². The summed E-state index contributed by atoms with van der Waals surface area (Å²) in [5.74, 6) is -0.350. The topological polar surface area (TPSA) is 84.2 Å². The number of benzene rings is 1. The number of amides is 3. The van der Waals surface area contributed by atoms with Gasteiger partial charge in [0.2, 0.25) is 5.91 Å². The Morgan fingerprint density at radius 2 is 2.06 bits per heavy atom. The van der Waals surface area contributed by atoms with Crippen molar-refractivity contribution in [3.8, 4) is 0 Å². The predicted octanol–water partition coefficient (Wildman–Crippen LogP) is 1.06. The van der Waals surface area contributed by atoms with E-state index in [0.29, 0.717) is 19.5 Å². The maximum Gasteiger partial charge on any atom is 0.315 e. The molecule has 0 aromatic heterocycles. The van der Waals surface area contributed by atoms with Crippen LogP contribution in [0.5, 0.6) is 0 Å². The first-order valence-electron chi connectivity index (χ1n) is 5.93. The highest BCUT2D eigenvalue weighted by molar-refractivity contribution is 5.75. The van der Waals surface area contributed by atoms with E-state index in [-0.39, 0.29) is 18.4 Å². The summed E-state index contributed by atoms with van der Waals surface area (Å²) in [6.07, 6.45) is 0.853. The van der Waals surface area contributed by atoms with Crippen molar-refractivity contribution in [2.75, 3.05) is 6.54 Å². The first kappa shape index (κ1) is 14.0. The van der Waals surface area contributed by atoms with Crippen molar-refractivity contribution in [1.82, 2.24) is 10.6 Å². The van der Waals surface area contributed by atoms with Gasteiger partial charge in [0, 0.05) is 19.5 Å². The highest BCUT2D eigenvalue weighted by Gasteiger charge is 2.00. The fourth-order valence-electron chi connectivity index (χ4n) is 1.53. The molecule has 1 aromatic carbocycles. The number of carbonyl (C=O) groups excluding carboxylic acids is 2. The number of hydrogen-bond acceptors (Lipinski definition) is 2. The molecule has 4 N–H and O–H groups in total. The number of primary amides is 1. The molecular weight excluding hydrogens is 230 g/mol. The lowest BCUT2D eigenvalue weighted by molar-refractivity contribution is -0.118. The van der Waals surface area contributed by atoms with Crippen LogP contribution in [0.4, 0.5) is 4.79 Å². The Labute approximate surface area is 107 Å². The molecule has 0 radical (unpaired) electrons. The van der Waals surface area contributed by atoms with Crippen LogP contribution in [0.25, 0.3) is 0 Å². The largest absolute Gasteiger partial charge is 0.370 e. The fourth-order valence-corrected chi connectivity index (χ4v) is 1.53. The fraction of sp³-hybridized carbons (Fsp3) is 0.385. The van der Waals surface area contributed by atoms with Gasteiger partial charge in [-0.3, -0.25) is 4.79 Å². The van der Waals surface area contributed by atoms with Crippen molar-refractivity contribution in [3.63, 3.8) is 0 Å². The third-order valence-electron chi connectivity index (χ3n) is 2.42. The second-order valence-corrected chi connectivity index (χ2v) is 4.17. The zero-order valence-corrected chi connectivity index (χ0v) is 10.5. The molecule has 0 bridgehead atoms. The van der Waals surface area contributed by atoms with E-state index < -0.39 is 0 Å². The molecule has 3 amide bonds. The van der Waals surface area contributed by atoms with E-state index in [9.17, 15) is 9.59 Å². The number of nitrogens with two attached hydrogens (primary N) is 1. The third kappa shape index (κ3) is 5.89. The van der Waals surface area contributed by atoms with Gasteiger partial charge in [0.05, 0.1) is 0 Å². The number of hydrogen-bond donors (Lipinski definition) is 3. The van der Waals surface area contributed by atoms with Crippen LogP contribution in [-0.4, -0.2) is 18.5 Å². The van der Waals surface area contributed by atoms with Crippen LogP contribution < -0.4 is 16.4 Å². The van der Waals surface area contributed by atoms with Gasteiger partial charge in [-0.25, -0.2) is 4.79 Å². The second kappa shape index (κ2) is 7.32. The van der Waals surface area contributed by atoms with E-state index in [1.807, 2.05) is 31.2 Å². The van der Waals surface area contributed by atoms with E-state index in [1.54, 1.807) is 0 Å². The first-order valence-corrected chi connectivity index (χ1v) is 5.93. The van der Waals surface area contributed by atoms with Crippen LogP contribution in [-0.2, 0) is 11.3 Å². The molecular formula is C13H19N3O2. The van der Waals surface area contributed by atoms with Crippen LogP contribution in [0.15, 0.2) is 24.3 Å². The average molecular weight is 249 g/mol. The number of rotatable bonds is 6. The van der Waals surface area contributed by atoms with E-state index in [0.717, 1.165) is 11.1 Å². The quantitative estimate of drug-likeness (QED) is 0.659. The number of aryl methyl sites for hydroxylation is 1. The number of carbonyl (C=O) groups is 2. The summed E-state index contributed by atoms with van der Waals surface area (Å²) in [6, 6.07) is 7.71. The molecule has 18 heavy (non-hydrogen) atoms. The van der Waals surface area contributed by atoms with Gasteiger partial charge in [0.25, 0.3) is 0 Å². The van der Waals surface area contributed by atoms with Crippen LogP contribution in [0.2, 0.25) is 0 Å². The summed E-state index contributed by atoms with van der Waals surface area (Å²) in [6.45, 7) is 2.94. The Balaban J connectivity index is 2.19. The summed E-state index contributed by atoms with van der Waals surface area (Å²) >= 11 is 0. The smallest absolute Gasteiger partial charge is 0.315 e. The molecule has 98 valence electrons. The summed E-state index contributed by atoms with van der Waals surface area (Å²) in [5.41, 5.74) is 7.21. The molecule has 0 saturated heterocycles. The maximum atomic E-state index is 11.4. The highest BCUT2D eigenvalue weighted by Crippen LogP contribution is 2.02. The molecule has 0 heterocycles. The van der Waals surface area contributed by atoms with E-state index in [1.165, 1.54) is 0 Å². The third-order valence-corrected chi connectivity index (χ3v) is 2.42. The lowest BCUT2D eigenvalue weighted by atomic mass is 10.1.